The number of carboxylic acid groups (broad SMARTS) is 1. The zero-order valence-electron chi connectivity index (χ0n) is 12.8. The van der Waals surface area contributed by atoms with Crippen molar-refractivity contribution < 1.29 is 19.0 Å². The molecule has 0 radical (unpaired) electrons. The SMILES string of the molecule is Cc1ccc(F)cc1[C@H](OCCN)[C@@H]1CCCN(C(=O)O)C1. The van der Waals surface area contributed by atoms with E-state index in [4.69, 9.17) is 10.5 Å². The van der Waals surface area contributed by atoms with E-state index >= 15 is 0 Å². The highest BCUT2D eigenvalue weighted by Gasteiger charge is 2.31. The molecule has 1 aliphatic rings. The van der Waals surface area contributed by atoms with Crippen LogP contribution in [0.25, 0.3) is 0 Å². The highest BCUT2D eigenvalue weighted by atomic mass is 19.1. The van der Waals surface area contributed by atoms with E-state index in [0.717, 1.165) is 24.0 Å². The number of rotatable bonds is 5. The average Bonchev–Trinajstić information content (AvgIpc) is 2.51. The molecule has 2 rings (SSSR count). The maximum atomic E-state index is 13.6. The van der Waals surface area contributed by atoms with Crippen molar-refractivity contribution in [2.75, 3.05) is 26.2 Å². The molecule has 2 atom stereocenters. The molecule has 1 aliphatic heterocycles. The predicted molar refractivity (Wildman–Crippen MR) is 81.2 cm³/mol. The Bertz CT molecular complexity index is 524. The summed E-state index contributed by atoms with van der Waals surface area (Å²) < 4.78 is 19.5. The summed E-state index contributed by atoms with van der Waals surface area (Å²) in [6.45, 7) is 3.59. The Kier molecular flexibility index (Phi) is 5.74. The summed E-state index contributed by atoms with van der Waals surface area (Å²) in [6.07, 6.45) is 0.391. The van der Waals surface area contributed by atoms with Crippen LogP contribution < -0.4 is 5.73 Å². The van der Waals surface area contributed by atoms with E-state index in [1.165, 1.54) is 17.0 Å². The van der Waals surface area contributed by atoms with Gasteiger partial charge in [0.25, 0.3) is 0 Å². The van der Waals surface area contributed by atoms with Crippen molar-refractivity contribution in [2.45, 2.75) is 25.9 Å². The Morgan fingerprint density at radius 2 is 2.36 bits per heavy atom. The van der Waals surface area contributed by atoms with Gasteiger partial charge in [-0.25, -0.2) is 9.18 Å². The maximum absolute atomic E-state index is 13.6. The second kappa shape index (κ2) is 7.56. The molecule has 5 nitrogen and oxygen atoms in total. The van der Waals surface area contributed by atoms with Gasteiger partial charge in [-0.05, 0) is 43.0 Å². The molecule has 1 fully saturated rings. The lowest BCUT2D eigenvalue weighted by atomic mass is 9.86. The standard InChI is InChI=1S/C16H23FN2O3/c1-11-4-5-13(17)9-14(11)15(22-8-6-18)12-3-2-7-19(10-12)16(20)21/h4-5,9,12,15H,2-3,6-8,10,18H2,1H3,(H,20,21)/t12-,15-/m1/s1. The van der Waals surface area contributed by atoms with E-state index in [2.05, 4.69) is 0 Å². The number of amides is 1. The van der Waals surface area contributed by atoms with Crippen LogP contribution in [0.5, 0.6) is 0 Å². The minimum absolute atomic E-state index is 0.0110. The molecule has 0 aromatic heterocycles. The third-order valence-corrected chi connectivity index (χ3v) is 4.12. The number of hydrogen-bond acceptors (Lipinski definition) is 3. The minimum atomic E-state index is -0.918. The number of ether oxygens (including phenoxy) is 1. The molecular weight excluding hydrogens is 287 g/mol. The summed E-state index contributed by atoms with van der Waals surface area (Å²) >= 11 is 0. The first-order valence-corrected chi connectivity index (χ1v) is 7.58. The molecule has 6 heteroatoms. The van der Waals surface area contributed by atoms with E-state index in [-0.39, 0.29) is 17.8 Å². The molecule has 0 spiro atoms. The molecule has 0 saturated carbocycles. The summed E-state index contributed by atoms with van der Waals surface area (Å²) in [7, 11) is 0. The molecule has 1 aromatic carbocycles. The number of nitrogens with zero attached hydrogens (tertiary/aromatic N) is 1. The normalized spacial score (nSPS) is 20.0. The maximum Gasteiger partial charge on any atom is 0.407 e. The number of carbonyl (C=O) groups is 1. The Hall–Kier alpha value is -1.66. The summed E-state index contributed by atoms with van der Waals surface area (Å²) in [6, 6.07) is 4.63. The van der Waals surface area contributed by atoms with Crippen molar-refractivity contribution in [2.24, 2.45) is 11.7 Å². The predicted octanol–water partition coefficient (Wildman–Crippen LogP) is 2.54. The second-order valence-electron chi connectivity index (χ2n) is 5.71. The smallest absolute Gasteiger partial charge is 0.407 e. The first-order chi connectivity index (χ1) is 10.5. The fraction of sp³-hybridized carbons (Fsp3) is 0.562. The van der Waals surface area contributed by atoms with E-state index in [9.17, 15) is 14.3 Å². The molecule has 0 aliphatic carbocycles. The van der Waals surface area contributed by atoms with Crippen molar-refractivity contribution in [1.29, 1.82) is 0 Å². The molecule has 122 valence electrons. The lowest BCUT2D eigenvalue weighted by molar-refractivity contribution is -0.0102. The summed E-state index contributed by atoms with van der Waals surface area (Å²) in [5, 5.41) is 9.19. The fourth-order valence-electron chi connectivity index (χ4n) is 3.02. The summed E-state index contributed by atoms with van der Waals surface area (Å²) in [4.78, 5) is 12.6. The number of piperidine rings is 1. The molecule has 1 heterocycles. The van der Waals surface area contributed by atoms with Crippen LogP contribution in [0.15, 0.2) is 18.2 Å². The van der Waals surface area contributed by atoms with Crippen molar-refractivity contribution in [3.05, 3.63) is 35.1 Å². The van der Waals surface area contributed by atoms with Crippen LogP contribution in [0.2, 0.25) is 0 Å². The first-order valence-electron chi connectivity index (χ1n) is 7.58. The average molecular weight is 310 g/mol. The van der Waals surface area contributed by atoms with E-state index in [0.29, 0.717) is 26.2 Å². The van der Waals surface area contributed by atoms with Crippen LogP contribution in [0.1, 0.15) is 30.1 Å². The van der Waals surface area contributed by atoms with Gasteiger partial charge in [-0.1, -0.05) is 6.07 Å². The van der Waals surface area contributed by atoms with Crippen LogP contribution in [0.4, 0.5) is 9.18 Å². The van der Waals surface area contributed by atoms with Gasteiger partial charge in [0.1, 0.15) is 5.82 Å². The van der Waals surface area contributed by atoms with Gasteiger partial charge in [0.05, 0.1) is 12.7 Å². The Labute approximate surface area is 129 Å². The van der Waals surface area contributed by atoms with Crippen molar-refractivity contribution in [3.8, 4) is 0 Å². The number of halogens is 1. The Balaban J connectivity index is 2.25. The van der Waals surface area contributed by atoms with Gasteiger partial charge in [-0.3, -0.25) is 0 Å². The van der Waals surface area contributed by atoms with Gasteiger partial charge in [-0.15, -0.1) is 0 Å². The second-order valence-corrected chi connectivity index (χ2v) is 5.71. The molecular formula is C16H23FN2O3. The van der Waals surface area contributed by atoms with Crippen LogP contribution in [0.3, 0.4) is 0 Å². The van der Waals surface area contributed by atoms with Crippen molar-refractivity contribution >= 4 is 6.09 Å². The van der Waals surface area contributed by atoms with Gasteiger partial charge in [0.15, 0.2) is 0 Å². The first kappa shape index (κ1) is 16.7. The third kappa shape index (κ3) is 3.96. The quantitative estimate of drug-likeness (QED) is 0.876. The van der Waals surface area contributed by atoms with E-state index in [1.807, 2.05) is 6.92 Å². The van der Waals surface area contributed by atoms with Crippen molar-refractivity contribution in [1.82, 2.24) is 4.90 Å². The third-order valence-electron chi connectivity index (χ3n) is 4.12. The fourth-order valence-corrected chi connectivity index (χ4v) is 3.02. The number of nitrogens with two attached hydrogens (primary N) is 1. The monoisotopic (exact) mass is 310 g/mol. The highest BCUT2D eigenvalue weighted by Crippen LogP contribution is 2.34. The summed E-state index contributed by atoms with van der Waals surface area (Å²) in [5.74, 6) is -0.301. The molecule has 1 aromatic rings. The molecule has 1 saturated heterocycles. The minimum Gasteiger partial charge on any atom is -0.465 e. The molecule has 0 unspecified atom stereocenters. The Morgan fingerprint density at radius 1 is 1.59 bits per heavy atom. The van der Waals surface area contributed by atoms with Crippen LogP contribution in [-0.4, -0.2) is 42.3 Å². The Morgan fingerprint density at radius 3 is 3.05 bits per heavy atom. The molecule has 0 bridgehead atoms. The van der Waals surface area contributed by atoms with Gasteiger partial charge < -0.3 is 20.5 Å². The molecule has 1 amide bonds. The lowest BCUT2D eigenvalue weighted by Crippen LogP contribution is -2.41. The largest absolute Gasteiger partial charge is 0.465 e. The van der Waals surface area contributed by atoms with Gasteiger partial charge in [0.2, 0.25) is 0 Å². The topological polar surface area (TPSA) is 75.8 Å². The summed E-state index contributed by atoms with van der Waals surface area (Å²) in [5.41, 5.74) is 7.25. The van der Waals surface area contributed by atoms with Gasteiger partial charge >= 0.3 is 6.09 Å². The number of hydrogen-bond donors (Lipinski definition) is 2. The van der Waals surface area contributed by atoms with E-state index in [1.54, 1.807) is 6.07 Å². The highest BCUT2D eigenvalue weighted by molar-refractivity contribution is 5.65. The number of aryl methyl sites for hydroxylation is 1. The molecule has 22 heavy (non-hydrogen) atoms. The molecule has 3 N–H and O–H groups in total. The van der Waals surface area contributed by atoms with E-state index < -0.39 is 6.09 Å². The van der Waals surface area contributed by atoms with Crippen LogP contribution in [0, 0.1) is 18.7 Å². The van der Waals surface area contributed by atoms with Crippen LogP contribution in [-0.2, 0) is 4.74 Å². The lowest BCUT2D eigenvalue weighted by Gasteiger charge is -2.36. The zero-order chi connectivity index (χ0) is 16.1. The van der Waals surface area contributed by atoms with Gasteiger partial charge in [-0.2, -0.15) is 0 Å². The van der Waals surface area contributed by atoms with Crippen molar-refractivity contribution in [3.63, 3.8) is 0 Å². The van der Waals surface area contributed by atoms with Crippen LogP contribution >= 0.6 is 0 Å². The number of benzene rings is 1. The zero-order valence-corrected chi connectivity index (χ0v) is 12.8. The number of likely N-dealkylation sites (tertiary alicyclic amines) is 1. The van der Waals surface area contributed by atoms with Gasteiger partial charge in [0, 0.05) is 25.6 Å².